The lowest BCUT2D eigenvalue weighted by molar-refractivity contribution is 0.101. The highest BCUT2D eigenvalue weighted by Gasteiger charge is 2.32. The topological polar surface area (TPSA) is 219 Å². The third-order valence-corrected chi connectivity index (χ3v) is 10.8. The predicted octanol–water partition coefficient (Wildman–Crippen LogP) is 10.1. The van der Waals surface area contributed by atoms with E-state index in [0.717, 1.165) is 6.07 Å². The van der Waals surface area contributed by atoms with Crippen molar-refractivity contribution in [3.05, 3.63) is 183 Å². The second-order valence-electron chi connectivity index (χ2n) is 14.5. The summed E-state index contributed by atoms with van der Waals surface area (Å²) in [5.41, 5.74) is 8.96. The van der Waals surface area contributed by atoms with Gasteiger partial charge < -0.3 is 40.0 Å². The summed E-state index contributed by atoms with van der Waals surface area (Å²) in [4.78, 5) is 59.8. The number of rotatable bonds is 9. The first kappa shape index (κ1) is 50.2. The maximum atomic E-state index is 14.6. The van der Waals surface area contributed by atoms with Crippen molar-refractivity contribution in [2.45, 2.75) is 51.0 Å². The van der Waals surface area contributed by atoms with Crippen molar-refractivity contribution in [3.8, 4) is 0 Å². The molecule has 7 aromatic rings. The Labute approximate surface area is 399 Å². The molecule has 0 bridgehead atoms. The lowest BCUT2D eigenvalue weighted by Gasteiger charge is -2.16. The van der Waals surface area contributed by atoms with Crippen molar-refractivity contribution in [1.29, 1.82) is 0 Å². The number of carbonyl (C=O) groups is 4. The quantitative estimate of drug-likeness (QED) is 0.0993. The third-order valence-electron chi connectivity index (χ3n) is 10.2. The molecule has 5 N–H and O–H groups in total. The number of nitrogens with two attached hydrogens (primary N) is 1. The maximum absolute atomic E-state index is 14.6. The van der Waals surface area contributed by atoms with Crippen LogP contribution in [0.2, 0.25) is 10.0 Å². The van der Waals surface area contributed by atoms with Gasteiger partial charge in [-0.3, -0.25) is 9.59 Å². The number of nitrogens with one attached hydrogen (secondary N) is 3. The number of oxazole rings is 2. The van der Waals surface area contributed by atoms with E-state index in [1.54, 1.807) is 0 Å². The molecular formula is C45H37Cl3F4N8O8. The summed E-state index contributed by atoms with van der Waals surface area (Å²) in [5.74, 6) is -2.39. The smallest absolute Gasteiger partial charge is 0.419 e. The van der Waals surface area contributed by atoms with Crippen molar-refractivity contribution in [3.63, 3.8) is 0 Å². The van der Waals surface area contributed by atoms with E-state index < -0.39 is 47.5 Å². The number of benzene rings is 4. The molecule has 354 valence electrons. The highest BCUT2D eigenvalue weighted by atomic mass is 35.5. The monoisotopic (exact) mass is 998 g/mol. The van der Waals surface area contributed by atoms with Crippen LogP contribution in [0.5, 0.6) is 0 Å². The number of fused-ring (bicyclic) bond motifs is 2. The minimum atomic E-state index is -0.758. The Morgan fingerprint density at radius 3 is 1.74 bits per heavy atom. The molecule has 3 aromatic heterocycles. The first-order valence-corrected chi connectivity index (χ1v) is 20.8. The zero-order chi connectivity index (χ0) is 47.6. The molecule has 2 atom stereocenters. The Bertz CT molecular complexity index is 2890. The second-order valence-corrected chi connectivity index (χ2v) is 15.3. The second kappa shape index (κ2) is 23.0. The summed E-state index contributed by atoms with van der Waals surface area (Å²) in [6.07, 6.45) is 10.7. The van der Waals surface area contributed by atoms with E-state index in [0.29, 0.717) is 65.2 Å². The molecule has 0 spiro atoms. The highest BCUT2D eigenvalue weighted by molar-refractivity contribution is 6.31. The molecule has 0 saturated carbocycles. The number of alkyl carbamates (subject to hydrolysis) is 1. The normalized spacial score (nSPS) is 14.1. The van der Waals surface area contributed by atoms with E-state index in [4.69, 9.17) is 47.2 Å². The van der Waals surface area contributed by atoms with Crippen molar-refractivity contribution in [1.82, 2.24) is 24.8 Å². The van der Waals surface area contributed by atoms with Crippen molar-refractivity contribution >= 4 is 71.0 Å². The van der Waals surface area contributed by atoms with Crippen LogP contribution >= 0.6 is 35.6 Å². The lowest BCUT2D eigenvalue weighted by Crippen LogP contribution is -2.28. The van der Waals surface area contributed by atoms with Gasteiger partial charge in [0.1, 0.15) is 42.1 Å². The number of carbonyl (C=O) groups excluding carboxylic acids is 4. The molecule has 2 aliphatic carbocycles. The Morgan fingerprint density at radius 2 is 1.22 bits per heavy atom. The average molecular weight is 1000 g/mol. The van der Waals surface area contributed by atoms with Crippen LogP contribution < -0.4 is 21.7 Å². The largest absolute Gasteiger partial charge is 0.446 e. The highest BCUT2D eigenvalue weighted by Crippen LogP contribution is 2.37. The Hall–Kier alpha value is -7.26. The lowest BCUT2D eigenvalue weighted by atomic mass is 10.0. The summed E-state index contributed by atoms with van der Waals surface area (Å²) in [7, 11) is 0. The van der Waals surface area contributed by atoms with Crippen LogP contribution in [0.25, 0.3) is 0 Å². The summed E-state index contributed by atoms with van der Waals surface area (Å²) in [6, 6.07) is 11.9. The van der Waals surface area contributed by atoms with Crippen LogP contribution in [0.1, 0.15) is 79.7 Å². The van der Waals surface area contributed by atoms with Gasteiger partial charge in [-0.2, -0.15) is 0 Å². The zero-order valence-corrected chi connectivity index (χ0v) is 37.3. The molecular weight excluding hydrogens is 963 g/mol. The maximum Gasteiger partial charge on any atom is 0.419 e. The fourth-order valence-electron chi connectivity index (χ4n) is 7.10. The number of imidazole rings is 1. The number of nitrogens with zero attached hydrogens (tertiary/aromatic N) is 4. The molecule has 4 aromatic carbocycles. The fourth-order valence-corrected chi connectivity index (χ4v) is 7.47. The number of hydrogen-bond donors (Lipinski definition) is 4. The van der Waals surface area contributed by atoms with Crippen LogP contribution in [0.3, 0.4) is 0 Å². The van der Waals surface area contributed by atoms with Gasteiger partial charge >= 0.3 is 12.2 Å². The molecule has 16 nitrogen and oxygen atoms in total. The van der Waals surface area contributed by atoms with Crippen LogP contribution in [0, 0.1) is 23.3 Å². The molecule has 0 saturated heterocycles. The number of amides is 3. The van der Waals surface area contributed by atoms with Crippen LogP contribution in [0.4, 0.5) is 38.5 Å². The van der Waals surface area contributed by atoms with Crippen molar-refractivity contribution < 1.29 is 55.0 Å². The summed E-state index contributed by atoms with van der Waals surface area (Å²) < 4.78 is 75.8. The molecule has 0 radical (unpaired) electrons. The molecule has 23 heteroatoms. The first-order chi connectivity index (χ1) is 32.2. The van der Waals surface area contributed by atoms with Gasteiger partial charge in [0.2, 0.25) is 11.8 Å². The molecule has 0 fully saturated rings. The van der Waals surface area contributed by atoms with Crippen LogP contribution in [-0.4, -0.2) is 43.5 Å². The average Bonchev–Trinajstić information content (AvgIpc) is 4.18. The van der Waals surface area contributed by atoms with Crippen LogP contribution in [0.15, 0.2) is 113 Å². The number of ether oxygens (including phenoxy) is 2. The van der Waals surface area contributed by atoms with Gasteiger partial charge in [-0.05, 0) is 97.5 Å². The van der Waals surface area contributed by atoms with Gasteiger partial charge in [-0.25, -0.2) is 46.7 Å². The first-order valence-electron chi connectivity index (χ1n) is 20.0. The van der Waals surface area contributed by atoms with E-state index >= 15 is 0 Å². The standard InChI is InChI=1S/C21H16ClF2N3O4.C16H13ClF2N2O.C8H7N3O3.ClH/c22-14-9-11(1-4-15(14)23)26-20(28)13-2-5-16(24)19-12(13)3-6-17(19)27-21(29)31-10-18-25-7-8-30-18;17-11-7-8(1-4-12(11)18)21-16(22)10-2-5-13(19)15-9(10)3-6-14(15)20;12-8(11-3-1-9-6-11)14-5-7-10-2-4-13-7;/h1-2,4-5,7-9,17H,3,6,10H2,(H,26,28)(H,27,29);1-2,4-5,7,14H,3,6,20H2,(H,21,22);1-4,6H,5H2;1H/t17-;14-;;/m00../s1. The van der Waals surface area contributed by atoms with Gasteiger partial charge in [0, 0.05) is 52.1 Å². The molecule has 68 heavy (non-hydrogen) atoms. The molecule has 9 rings (SSSR count). The van der Waals surface area contributed by atoms with Gasteiger partial charge in [0.25, 0.3) is 11.8 Å². The number of aromatic nitrogens is 4. The number of halogens is 7. The summed E-state index contributed by atoms with van der Waals surface area (Å²) in [5, 5.41) is 7.66. The van der Waals surface area contributed by atoms with E-state index in [1.165, 1.54) is 103 Å². The van der Waals surface area contributed by atoms with Gasteiger partial charge in [0.15, 0.2) is 13.2 Å². The summed E-state index contributed by atoms with van der Waals surface area (Å²) >= 11 is 11.4. The minimum absolute atomic E-state index is 0. The van der Waals surface area contributed by atoms with Gasteiger partial charge in [-0.1, -0.05) is 23.2 Å². The SMILES string of the molecule is Cl.N[C@H]1CCc2c(C(=O)Nc3ccc(F)c(Cl)c3)ccc(F)c21.O=C(N[C@H]1CCc2c(C(=O)Nc3ccc(F)c(Cl)c3)ccc(F)c21)OCc1ncco1.O=C(OCc1ncco1)n1ccnc1. The molecule has 2 aliphatic rings. The predicted molar refractivity (Wildman–Crippen MR) is 239 cm³/mol. The number of anilines is 2. The summed E-state index contributed by atoms with van der Waals surface area (Å²) in [6.45, 7) is -0.145. The van der Waals surface area contributed by atoms with Gasteiger partial charge in [0.05, 0.1) is 28.5 Å². The minimum Gasteiger partial charge on any atom is -0.446 e. The van der Waals surface area contributed by atoms with Crippen molar-refractivity contribution in [2.24, 2.45) is 5.73 Å². The molecule has 0 unspecified atom stereocenters. The Kier molecular flexibility index (Phi) is 16.9. The Morgan fingerprint density at radius 1 is 0.706 bits per heavy atom. The van der Waals surface area contributed by atoms with E-state index in [1.807, 2.05) is 0 Å². The van der Waals surface area contributed by atoms with E-state index in [9.17, 15) is 36.7 Å². The van der Waals surface area contributed by atoms with Crippen LogP contribution in [-0.2, 0) is 35.5 Å². The van der Waals surface area contributed by atoms with Gasteiger partial charge in [-0.15, -0.1) is 12.4 Å². The molecule has 3 amide bonds. The Balaban J connectivity index is 0.000000179. The van der Waals surface area contributed by atoms with E-state index in [2.05, 4.69) is 30.9 Å². The van der Waals surface area contributed by atoms with E-state index in [-0.39, 0.29) is 64.5 Å². The zero-order valence-electron chi connectivity index (χ0n) is 35.0. The fraction of sp³-hybridized carbons (Fsp3) is 0.178. The molecule has 0 aliphatic heterocycles. The van der Waals surface area contributed by atoms with Crippen molar-refractivity contribution in [2.75, 3.05) is 10.6 Å². The molecule has 3 heterocycles. The number of hydrogen-bond acceptors (Lipinski definition) is 12. The third kappa shape index (κ3) is 12.4.